The minimum absolute atomic E-state index is 0.0125. The monoisotopic (exact) mass is 454 g/mol. The predicted octanol–water partition coefficient (Wildman–Crippen LogP) is 0.533. The van der Waals surface area contributed by atoms with Crippen molar-refractivity contribution in [2.24, 2.45) is 32.5 Å². The van der Waals surface area contributed by atoms with Crippen molar-refractivity contribution in [2.45, 2.75) is 32.1 Å². The van der Waals surface area contributed by atoms with Gasteiger partial charge in [0.2, 0.25) is 0 Å². The van der Waals surface area contributed by atoms with Crippen molar-refractivity contribution in [3.8, 4) is 5.75 Å². The van der Waals surface area contributed by atoms with Crippen molar-refractivity contribution in [3.63, 3.8) is 0 Å². The van der Waals surface area contributed by atoms with Gasteiger partial charge in [-0.15, -0.1) is 0 Å². The molecule has 0 spiro atoms. The number of nitrogens with zero attached hydrogens (tertiary/aromatic N) is 3. The third-order valence-corrected chi connectivity index (χ3v) is 4.32. The highest BCUT2D eigenvalue weighted by atomic mass is 35.5. The molecule has 11 nitrogen and oxygen atoms in total. The highest BCUT2D eigenvalue weighted by molar-refractivity contribution is 6.39. The topological polar surface area (TPSA) is 186 Å². The lowest BCUT2D eigenvalue weighted by Gasteiger charge is -2.10. The molecule has 9 N–H and O–H groups in total. The quantitative estimate of drug-likeness (QED) is 0.0556. The normalized spacial score (nSPS) is 11.4. The fourth-order valence-corrected chi connectivity index (χ4v) is 2.74. The van der Waals surface area contributed by atoms with Crippen LogP contribution in [0.5, 0.6) is 5.75 Å². The second kappa shape index (κ2) is 15.7. The van der Waals surface area contributed by atoms with Crippen LogP contribution in [0.3, 0.4) is 0 Å². The number of oxime groups is 1. The Labute approximate surface area is 186 Å². The smallest absolute Gasteiger partial charge is 0.269 e. The lowest BCUT2D eigenvalue weighted by atomic mass is 10.1. The second-order valence-corrected chi connectivity index (χ2v) is 6.92. The maximum Gasteiger partial charge on any atom is 0.269 e. The maximum atomic E-state index is 12.2. The van der Waals surface area contributed by atoms with E-state index in [0.717, 1.165) is 24.8 Å². The SMILES string of the molecule is NNC=NCCCCOc1ccc(CC(=NO)C(=O)NCCCCN=C(N)N)cc1Cl. The van der Waals surface area contributed by atoms with Gasteiger partial charge >= 0.3 is 0 Å². The number of aliphatic imine (C=N–C) groups is 2. The Balaban J connectivity index is 2.42. The molecule has 0 unspecified atom stereocenters. The van der Waals surface area contributed by atoms with Crippen LogP contribution in [0.15, 0.2) is 33.3 Å². The third-order valence-electron chi connectivity index (χ3n) is 4.02. The molecule has 1 aromatic carbocycles. The molecular formula is C19H31ClN8O3. The molecule has 0 saturated carbocycles. The fraction of sp³-hybridized carbons (Fsp3) is 0.474. The first-order valence-electron chi connectivity index (χ1n) is 9.88. The van der Waals surface area contributed by atoms with Gasteiger partial charge in [-0.3, -0.25) is 14.8 Å². The van der Waals surface area contributed by atoms with Crippen molar-refractivity contribution >= 4 is 35.5 Å². The lowest BCUT2D eigenvalue weighted by Crippen LogP contribution is -2.33. The van der Waals surface area contributed by atoms with Crippen molar-refractivity contribution in [1.82, 2.24) is 10.7 Å². The molecule has 12 heteroatoms. The Morgan fingerprint density at radius 2 is 1.97 bits per heavy atom. The van der Waals surface area contributed by atoms with Gasteiger partial charge in [0.05, 0.1) is 18.0 Å². The van der Waals surface area contributed by atoms with Crippen LogP contribution in [0.2, 0.25) is 5.02 Å². The van der Waals surface area contributed by atoms with Crippen molar-refractivity contribution in [2.75, 3.05) is 26.2 Å². The summed E-state index contributed by atoms with van der Waals surface area (Å²) in [5, 5.41) is 15.4. The number of amides is 1. The first-order valence-corrected chi connectivity index (χ1v) is 10.3. The third kappa shape index (κ3) is 11.6. The minimum atomic E-state index is -0.451. The van der Waals surface area contributed by atoms with Gasteiger partial charge in [-0.25, -0.2) is 5.84 Å². The van der Waals surface area contributed by atoms with E-state index in [1.165, 1.54) is 6.34 Å². The Hall–Kier alpha value is -3.05. The standard InChI is InChI=1S/C19H31ClN8O3/c20-15-11-14(5-6-17(15)31-10-4-3-7-24-13-27-23)12-16(28-30)18(29)25-8-1-2-9-26-19(21)22/h5-6,11,13,30H,1-4,7-10,12,23H2,(H,24,27)(H,25,29)(H4,21,22,26). The predicted molar refractivity (Wildman–Crippen MR) is 123 cm³/mol. The molecule has 0 saturated heterocycles. The van der Waals surface area contributed by atoms with Gasteiger partial charge in [-0.2, -0.15) is 0 Å². The van der Waals surface area contributed by atoms with Crippen molar-refractivity contribution in [1.29, 1.82) is 0 Å². The molecule has 0 aliphatic rings. The van der Waals surface area contributed by atoms with E-state index < -0.39 is 5.91 Å². The number of ether oxygens (including phenoxy) is 1. The van der Waals surface area contributed by atoms with Crippen LogP contribution in [0.4, 0.5) is 0 Å². The van der Waals surface area contributed by atoms with E-state index in [2.05, 4.69) is 25.9 Å². The average Bonchev–Trinajstić information content (AvgIpc) is 2.74. The highest BCUT2D eigenvalue weighted by Crippen LogP contribution is 2.26. The van der Waals surface area contributed by atoms with E-state index >= 15 is 0 Å². The molecule has 0 atom stereocenters. The second-order valence-electron chi connectivity index (χ2n) is 6.52. The molecule has 0 aromatic heterocycles. The molecule has 1 aromatic rings. The zero-order valence-corrected chi connectivity index (χ0v) is 18.1. The summed E-state index contributed by atoms with van der Waals surface area (Å²) in [5.41, 5.74) is 13.5. The first kappa shape index (κ1) is 26.0. The van der Waals surface area contributed by atoms with Crippen LogP contribution in [0.1, 0.15) is 31.2 Å². The number of benzene rings is 1. The van der Waals surface area contributed by atoms with Crippen LogP contribution < -0.4 is 32.8 Å². The Morgan fingerprint density at radius 1 is 1.19 bits per heavy atom. The summed E-state index contributed by atoms with van der Waals surface area (Å²) in [4.78, 5) is 20.1. The van der Waals surface area contributed by atoms with Crippen LogP contribution in [-0.4, -0.2) is 55.4 Å². The summed E-state index contributed by atoms with van der Waals surface area (Å²) in [6, 6.07) is 5.18. The highest BCUT2D eigenvalue weighted by Gasteiger charge is 2.14. The van der Waals surface area contributed by atoms with Gasteiger partial charge < -0.3 is 32.2 Å². The number of hydrazine groups is 1. The van der Waals surface area contributed by atoms with Gasteiger partial charge in [0.25, 0.3) is 5.91 Å². The summed E-state index contributed by atoms with van der Waals surface area (Å²) in [6.45, 7) is 2.06. The van der Waals surface area contributed by atoms with Crippen molar-refractivity contribution < 1.29 is 14.7 Å². The number of hydrogen-bond donors (Lipinski definition) is 6. The maximum absolute atomic E-state index is 12.2. The van der Waals surface area contributed by atoms with E-state index in [4.69, 9.17) is 33.6 Å². The summed E-state index contributed by atoms with van der Waals surface area (Å²) in [7, 11) is 0. The zero-order valence-electron chi connectivity index (χ0n) is 17.4. The summed E-state index contributed by atoms with van der Waals surface area (Å²) in [5.74, 6) is 5.22. The molecule has 0 aliphatic heterocycles. The van der Waals surface area contributed by atoms with E-state index in [0.29, 0.717) is 43.4 Å². The molecular weight excluding hydrogens is 424 g/mol. The fourth-order valence-electron chi connectivity index (χ4n) is 2.48. The number of guanidine groups is 1. The number of nitrogens with two attached hydrogens (primary N) is 3. The van der Waals surface area contributed by atoms with E-state index in [-0.39, 0.29) is 18.1 Å². The number of unbranched alkanes of at least 4 members (excludes halogenated alkanes) is 2. The number of carbonyl (C=O) groups excluding carboxylic acids is 1. The molecule has 0 heterocycles. The van der Waals surface area contributed by atoms with Gasteiger partial charge in [-0.1, -0.05) is 22.8 Å². The number of halogens is 1. The van der Waals surface area contributed by atoms with Gasteiger partial charge in [0.15, 0.2) is 5.96 Å². The first-order chi connectivity index (χ1) is 15.0. The molecule has 1 rings (SSSR count). The van der Waals surface area contributed by atoms with Crippen molar-refractivity contribution in [3.05, 3.63) is 28.8 Å². The Bertz CT molecular complexity index is 767. The van der Waals surface area contributed by atoms with E-state index in [1.54, 1.807) is 18.2 Å². The average molecular weight is 455 g/mol. The molecule has 1 amide bonds. The Kier molecular flexibility index (Phi) is 13.2. The number of rotatable bonds is 15. The van der Waals surface area contributed by atoms with Crippen LogP contribution >= 0.6 is 11.6 Å². The van der Waals surface area contributed by atoms with Crippen LogP contribution in [0.25, 0.3) is 0 Å². The molecule has 31 heavy (non-hydrogen) atoms. The number of carbonyl (C=O) groups is 1. The van der Waals surface area contributed by atoms with Gasteiger partial charge in [0, 0.05) is 26.1 Å². The molecule has 0 aliphatic carbocycles. The number of hydrogen-bond acceptors (Lipinski definition) is 7. The summed E-state index contributed by atoms with van der Waals surface area (Å²) in [6.07, 6.45) is 4.65. The van der Waals surface area contributed by atoms with Gasteiger partial charge in [-0.05, 0) is 43.4 Å². The lowest BCUT2D eigenvalue weighted by molar-refractivity contribution is -0.115. The molecule has 0 bridgehead atoms. The van der Waals surface area contributed by atoms with Crippen LogP contribution in [-0.2, 0) is 11.2 Å². The van der Waals surface area contributed by atoms with E-state index in [9.17, 15) is 10.0 Å². The Morgan fingerprint density at radius 3 is 2.65 bits per heavy atom. The summed E-state index contributed by atoms with van der Waals surface area (Å²) >= 11 is 6.27. The molecule has 172 valence electrons. The largest absolute Gasteiger partial charge is 0.492 e. The summed E-state index contributed by atoms with van der Waals surface area (Å²) < 4.78 is 5.67. The van der Waals surface area contributed by atoms with Crippen LogP contribution in [0, 0.1) is 0 Å². The molecule has 0 fully saturated rings. The van der Waals surface area contributed by atoms with E-state index in [1.807, 2.05) is 0 Å². The van der Waals surface area contributed by atoms with Gasteiger partial charge in [0.1, 0.15) is 11.5 Å². The zero-order chi connectivity index (χ0) is 22.9. The molecule has 0 radical (unpaired) electrons. The number of nitrogens with one attached hydrogen (secondary N) is 2. The minimum Gasteiger partial charge on any atom is -0.492 e.